The Balaban J connectivity index is 2.29. The van der Waals surface area contributed by atoms with Crippen LogP contribution in [0.1, 0.15) is 11.6 Å². The molecule has 0 amide bonds. The first-order chi connectivity index (χ1) is 7.33. The van der Waals surface area contributed by atoms with Crippen LogP contribution in [0.15, 0.2) is 18.2 Å². The topological polar surface area (TPSA) is 30.5 Å². The second kappa shape index (κ2) is 4.59. The number of rotatable bonds is 2. The molecular weight excluding hydrogens is 197 g/mol. The minimum Gasteiger partial charge on any atom is -0.493 e. The minimum atomic E-state index is -0.331. The van der Waals surface area contributed by atoms with Gasteiger partial charge in [0.15, 0.2) is 11.6 Å². The maximum absolute atomic E-state index is 13.4. The van der Waals surface area contributed by atoms with Crippen molar-refractivity contribution in [3.05, 3.63) is 29.6 Å². The molecule has 4 heteroatoms. The molecule has 0 aliphatic carbocycles. The standard InChI is InChI=1S/C11H14FNO2/c1-14-11-8(3-2-4-9(11)12)10-7-15-6-5-13-10/h2-4,10,13H,5-7H2,1H3. The summed E-state index contributed by atoms with van der Waals surface area (Å²) < 4.78 is 23.8. The summed E-state index contributed by atoms with van der Waals surface area (Å²) in [5.74, 6) is -0.0251. The van der Waals surface area contributed by atoms with Crippen LogP contribution >= 0.6 is 0 Å². The molecule has 1 atom stereocenters. The summed E-state index contributed by atoms with van der Waals surface area (Å²) >= 11 is 0. The van der Waals surface area contributed by atoms with E-state index in [1.807, 2.05) is 6.07 Å². The summed E-state index contributed by atoms with van der Waals surface area (Å²) in [6.07, 6.45) is 0. The number of nitrogens with one attached hydrogen (secondary N) is 1. The van der Waals surface area contributed by atoms with Gasteiger partial charge in [0.2, 0.25) is 0 Å². The molecule has 0 radical (unpaired) electrons. The second-order valence-electron chi connectivity index (χ2n) is 3.44. The van der Waals surface area contributed by atoms with Crippen molar-refractivity contribution in [1.82, 2.24) is 5.32 Å². The molecule has 1 aliphatic heterocycles. The third-order valence-corrected chi connectivity index (χ3v) is 2.50. The van der Waals surface area contributed by atoms with E-state index < -0.39 is 0 Å². The Morgan fingerprint density at radius 2 is 2.40 bits per heavy atom. The molecule has 1 N–H and O–H groups in total. The molecule has 3 nitrogen and oxygen atoms in total. The van der Waals surface area contributed by atoms with Crippen molar-refractivity contribution in [2.24, 2.45) is 0 Å². The van der Waals surface area contributed by atoms with Crippen LogP contribution in [0.5, 0.6) is 5.75 Å². The molecule has 0 aromatic heterocycles. The fourth-order valence-corrected chi connectivity index (χ4v) is 1.78. The highest BCUT2D eigenvalue weighted by atomic mass is 19.1. The molecule has 15 heavy (non-hydrogen) atoms. The molecule has 1 aromatic carbocycles. The van der Waals surface area contributed by atoms with Gasteiger partial charge in [-0.3, -0.25) is 0 Å². The average molecular weight is 211 g/mol. The number of methoxy groups -OCH3 is 1. The van der Waals surface area contributed by atoms with E-state index in [0.717, 1.165) is 12.1 Å². The number of halogens is 1. The van der Waals surface area contributed by atoms with Gasteiger partial charge in [-0.05, 0) is 6.07 Å². The summed E-state index contributed by atoms with van der Waals surface area (Å²) in [4.78, 5) is 0. The quantitative estimate of drug-likeness (QED) is 0.804. The van der Waals surface area contributed by atoms with E-state index in [2.05, 4.69) is 5.32 Å². The van der Waals surface area contributed by atoms with E-state index in [4.69, 9.17) is 9.47 Å². The molecule has 1 fully saturated rings. The Hall–Kier alpha value is -1.13. The van der Waals surface area contributed by atoms with Gasteiger partial charge in [0.05, 0.1) is 26.4 Å². The van der Waals surface area contributed by atoms with Crippen molar-refractivity contribution in [2.75, 3.05) is 26.9 Å². The predicted octanol–water partition coefficient (Wildman–Crippen LogP) is 1.50. The lowest BCUT2D eigenvalue weighted by molar-refractivity contribution is 0.0759. The van der Waals surface area contributed by atoms with Crippen LogP contribution in [0.3, 0.4) is 0 Å². The van der Waals surface area contributed by atoms with Gasteiger partial charge in [-0.15, -0.1) is 0 Å². The third kappa shape index (κ3) is 2.11. The molecule has 1 unspecified atom stereocenters. The number of benzene rings is 1. The number of morpholine rings is 1. The zero-order chi connectivity index (χ0) is 10.7. The smallest absolute Gasteiger partial charge is 0.165 e. The largest absolute Gasteiger partial charge is 0.493 e. The van der Waals surface area contributed by atoms with Crippen LogP contribution in [0, 0.1) is 5.82 Å². The lowest BCUT2D eigenvalue weighted by Gasteiger charge is -2.25. The Morgan fingerprint density at radius 1 is 1.53 bits per heavy atom. The minimum absolute atomic E-state index is 0.0180. The Labute approximate surface area is 88.2 Å². The summed E-state index contributed by atoms with van der Waals surface area (Å²) in [6, 6.07) is 4.95. The molecule has 1 heterocycles. The number of ether oxygens (including phenoxy) is 2. The van der Waals surface area contributed by atoms with E-state index >= 15 is 0 Å². The van der Waals surface area contributed by atoms with Gasteiger partial charge in [0.25, 0.3) is 0 Å². The van der Waals surface area contributed by atoms with Crippen LogP contribution in [0.2, 0.25) is 0 Å². The maximum Gasteiger partial charge on any atom is 0.165 e. The molecule has 0 saturated carbocycles. The highest BCUT2D eigenvalue weighted by molar-refractivity contribution is 5.37. The summed E-state index contributed by atoms with van der Waals surface area (Å²) in [5, 5.41) is 3.27. The first-order valence-corrected chi connectivity index (χ1v) is 4.96. The molecule has 1 saturated heterocycles. The van der Waals surface area contributed by atoms with Crippen molar-refractivity contribution >= 4 is 0 Å². The SMILES string of the molecule is COc1c(F)cccc1C1COCCN1. The maximum atomic E-state index is 13.4. The molecule has 2 rings (SSSR count). The number of hydrogen-bond acceptors (Lipinski definition) is 3. The molecule has 1 aliphatic rings. The monoisotopic (exact) mass is 211 g/mol. The highest BCUT2D eigenvalue weighted by Crippen LogP contribution is 2.28. The van der Waals surface area contributed by atoms with Crippen LogP contribution < -0.4 is 10.1 Å². The Kier molecular flexibility index (Phi) is 3.18. The van der Waals surface area contributed by atoms with Crippen LogP contribution in [-0.4, -0.2) is 26.9 Å². The van der Waals surface area contributed by atoms with E-state index in [9.17, 15) is 4.39 Å². The lowest BCUT2D eigenvalue weighted by Crippen LogP contribution is -2.34. The second-order valence-corrected chi connectivity index (χ2v) is 3.44. The van der Waals surface area contributed by atoms with Gasteiger partial charge in [-0.25, -0.2) is 4.39 Å². The fraction of sp³-hybridized carbons (Fsp3) is 0.455. The first-order valence-electron chi connectivity index (χ1n) is 4.96. The molecule has 1 aromatic rings. The zero-order valence-corrected chi connectivity index (χ0v) is 8.63. The molecule has 0 spiro atoms. The number of para-hydroxylation sites is 1. The van der Waals surface area contributed by atoms with Gasteiger partial charge in [-0.2, -0.15) is 0 Å². The van der Waals surface area contributed by atoms with E-state index in [1.165, 1.54) is 13.2 Å². The zero-order valence-electron chi connectivity index (χ0n) is 8.63. The number of hydrogen-bond donors (Lipinski definition) is 1. The normalized spacial score (nSPS) is 21.3. The van der Waals surface area contributed by atoms with Gasteiger partial charge in [-0.1, -0.05) is 12.1 Å². The van der Waals surface area contributed by atoms with E-state index in [0.29, 0.717) is 19.0 Å². The van der Waals surface area contributed by atoms with Gasteiger partial charge in [0.1, 0.15) is 0 Å². The van der Waals surface area contributed by atoms with Crippen molar-refractivity contribution in [2.45, 2.75) is 6.04 Å². The molecule has 0 bridgehead atoms. The van der Waals surface area contributed by atoms with Gasteiger partial charge < -0.3 is 14.8 Å². The van der Waals surface area contributed by atoms with Crippen LogP contribution in [0.25, 0.3) is 0 Å². The fourth-order valence-electron chi connectivity index (χ4n) is 1.78. The first kappa shape index (κ1) is 10.4. The summed E-state index contributed by atoms with van der Waals surface area (Å²) in [7, 11) is 1.48. The Morgan fingerprint density at radius 3 is 3.07 bits per heavy atom. The van der Waals surface area contributed by atoms with Gasteiger partial charge >= 0.3 is 0 Å². The van der Waals surface area contributed by atoms with E-state index in [1.54, 1.807) is 6.07 Å². The van der Waals surface area contributed by atoms with Crippen LogP contribution in [0.4, 0.5) is 4.39 Å². The average Bonchev–Trinajstić information content (AvgIpc) is 2.30. The predicted molar refractivity (Wildman–Crippen MR) is 54.5 cm³/mol. The van der Waals surface area contributed by atoms with E-state index in [-0.39, 0.29) is 11.9 Å². The van der Waals surface area contributed by atoms with Crippen LogP contribution in [-0.2, 0) is 4.74 Å². The van der Waals surface area contributed by atoms with Crippen molar-refractivity contribution in [3.63, 3.8) is 0 Å². The van der Waals surface area contributed by atoms with Crippen molar-refractivity contribution in [1.29, 1.82) is 0 Å². The van der Waals surface area contributed by atoms with Gasteiger partial charge in [0, 0.05) is 12.1 Å². The van der Waals surface area contributed by atoms with Crippen molar-refractivity contribution in [3.8, 4) is 5.75 Å². The summed E-state index contributed by atoms with van der Waals surface area (Å²) in [6.45, 7) is 2.04. The third-order valence-electron chi connectivity index (χ3n) is 2.50. The van der Waals surface area contributed by atoms with Crippen molar-refractivity contribution < 1.29 is 13.9 Å². The highest BCUT2D eigenvalue weighted by Gasteiger charge is 2.20. The molecule has 82 valence electrons. The molecular formula is C11H14FNO2. The summed E-state index contributed by atoms with van der Waals surface area (Å²) in [5.41, 5.74) is 0.817. The Bertz CT molecular complexity index is 337. The lowest BCUT2D eigenvalue weighted by atomic mass is 10.1.